The van der Waals surface area contributed by atoms with E-state index >= 15 is 0 Å². The highest BCUT2D eigenvalue weighted by Gasteiger charge is 2.31. The molecule has 98 valence electrons. The lowest BCUT2D eigenvalue weighted by atomic mass is 10.3. The van der Waals surface area contributed by atoms with Crippen LogP contribution in [0, 0.1) is 11.8 Å². The van der Waals surface area contributed by atoms with Crippen molar-refractivity contribution < 1.29 is 9.53 Å². The average Bonchev–Trinajstić information content (AvgIpc) is 3.06. The van der Waals surface area contributed by atoms with E-state index in [9.17, 15) is 4.79 Å². The van der Waals surface area contributed by atoms with Gasteiger partial charge in [-0.1, -0.05) is 19.1 Å². The fourth-order valence-electron chi connectivity index (χ4n) is 2.00. The van der Waals surface area contributed by atoms with E-state index in [1.807, 2.05) is 24.3 Å². The number of para-hydroxylation sites is 2. The summed E-state index contributed by atoms with van der Waals surface area (Å²) in [6.45, 7) is 3.52. The minimum absolute atomic E-state index is 0.0344. The standard InChI is InChI=1S/C14H20N2O2/c1-10-7-11(10)8-15-9-14(17)16-12-5-3-4-6-13(12)18-2/h3-6,10-11,15H,7-9H2,1-2H3,(H,16,17). The largest absolute Gasteiger partial charge is 0.495 e. The third-order valence-corrected chi connectivity index (χ3v) is 3.35. The first-order valence-electron chi connectivity index (χ1n) is 6.34. The second-order valence-electron chi connectivity index (χ2n) is 4.85. The highest BCUT2D eigenvalue weighted by atomic mass is 16.5. The smallest absolute Gasteiger partial charge is 0.238 e. The zero-order valence-electron chi connectivity index (χ0n) is 10.9. The van der Waals surface area contributed by atoms with Gasteiger partial charge in [0.25, 0.3) is 0 Å². The van der Waals surface area contributed by atoms with Crippen LogP contribution in [0.3, 0.4) is 0 Å². The molecule has 2 rings (SSSR count). The quantitative estimate of drug-likeness (QED) is 0.808. The van der Waals surface area contributed by atoms with Gasteiger partial charge in [0.2, 0.25) is 5.91 Å². The molecule has 1 aromatic rings. The van der Waals surface area contributed by atoms with Crippen molar-refractivity contribution in [2.75, 3.05) is 25.5 Å². The van der Waals surface area contributed by atoms with Gasteiger partial charge >= 0.3 is 0 Å². The molecule has 1 saturated carbocycles. The molecule has 1 amide bonds. The van der Waals surface area contributed by atoms with Crippen LogP contribution in [0.5, 0.6) is 5.75 Å². The molecule has 1 aliphatic carbocycles. The van der Waals surface area contributed by atoms with Gasteiger partial charge in [-0.15, -0.1) is 0 Å². The number of hydrogen-bond acceptors (Lipinski definition) is 3. The molecule has 1 aliphatic rings. The summed E-state index contributed by atoms with van der Waals surface area (Å²) >= 11 is 0. The van der Waals surface area contributed by atoms with E-state index in [1.54, 1.807) is 7.11 Å². The first-order valence-corrected chi connectivity index (χ1v) is 6.34. The molecule has 2 atom stereocenters. The molecule has 0 saturated heterocycles. The van der Waals surface area contributed by atoms with E-state index in [0.29, 0.717) is 18.0 Å². The molecule has 4 heteroatoms. The fraction of sp³-hybridized carbons (Fsp3) is 0.500. The molecule has 0 bridgehead atoms. The monoisotopic (exact) mass is 248 g/mol. The van der Waals surface area contributed by atoms with E-state index in [-0.39, 0.29) is 5.91 Å². The second kappa shape index (κ2) is 5.87. The van der Waals surface area contributed by atoms with Gasteiger partial charge < -0.3 is 15.4 Å². The Balaban J connectivity index is 1.76. The van der Waals surface area contributed by atoms with Crippen LogP contribution >= 0.6 is 0 Å². The number of methoxy groups -OCH3 is 1. The first kappa shape index (κ1) is 12.9. The van der Waals surface area contributed by atoms with Gasteiger partial charge in [-0.25, -0.2) is 0 Å². The summed E-state index contributed by atoms with van der Waals surface area (Å²) in [5.41, 5.74) is 0.714. The summed E-state index contributed by atoms with van der Waals surface area (Å²) in [4.78, 5) is 11.7. The minimum atomic E-state index is -0.0344. The van der Waals surface area contributed by atoms with Gasteiger partial charge in [-0.2, -0.15) is 0 Å². The zero-order chi connectivity index (χ0) is 13.0. The Morgan fingerprint density at radius 1 is 1.44 bits per heavy atom. The van der Waals surface area contributed by atoms with Crippen molar-refractivity contribution in [2.24, 2.45) is 11.8 Å². The second-order valence-corrected chi connectivity index (χ2v) is 4.85. The van der Waals surface area contributed by atoms with E-state index in [1.165, 1.54) is 6.42 Å². The zero-order valence-corrected chi connectivity index (χ0v) is 10.9. The third kappa shape index (κ3) is 3.47. The Bertz CT molecular complexity index is 420. The third-order valence-electron chi connectivity index (χ3n) is 3.35. The van der Waals surface area contributed by atoms with Crippen molar-refractivity contribution in [1.82, 2.24) is 5.32 Å². The summed E-state index contributed by atoms with van der Waals surface area (Å²) in [6.07, 6.45) is 1.28. The summed E-state index contributed by atoms with van der Waals surface area (Å²) in [7, 11) is 1.59. The lowest BCUT2D eigenvalue weighted by molar-refractivity contribution is -0.115. The van der Waals surface area contributed by atoms with E-state index in [0.717, 1.165) is 18.4 Å². The molecule has 2 unspecified atom stereocenters. The van der Waals surface area contributed by atoms with Crippen LogP contribution < -0.4 is 15.4 Å². The molecular weight excluding hydrogens is 228 g/mol. The number of carbonyl (C=O) groups is 1. The van der Waals surface area contributed by atoms with Crippen LogP contribution in [-0.4, -0.2) is 26.1 Å². The molecule has 4 nitrogen and oxygen atoms in total. The molecule has 0 spiro atoms. The van der Waals surface area contributed by atoms with Crippen molar-refractivity contribution in [2.45, 2.75) is 13.3 Å². The number of carbonyl (C=O) groups excluding carboxylic acids is 1. The van der Waals surface area contributed by atoms with Crippen LogP contribution in [0.2, 0.25) is 0 Å². The van der Waals surface area contributed by atoms with Crippen molar-refractivity contribution in [3.63, 3.8) is 0 Å². The van der Waals surface area contributed by atoms with E-state index in [4.69, 9.17) is 4.74 Å². The Morgan fingerprint density at radius 2 is 2.17 bits per heavy atom. The number of hydrogen-bond donors (Lipinski definition) is 2. The summed E-state index contributed by atoms with van der Waals surface area (Å²) < 4.78 is 5.18. The Hall–Kier alpha value is -1.55. The maximum atomic E-state index is 11.7. The molecule has 0 radical (unpaired) electrons. The number of rotatable bonds is 6. The van der Waals surface area contributed by atoms with Crippen LogP contribution in [0.15, 0.2) is 24.3 Å². The SMILES string of the molecule is COc1ccccc1NC(=O)CNCC1CC1C. The van der Waals surface area contributed by atoms with Crippen LogP contribution in [0.4, 0.5) is 5.69 Å². The highest BCUT2D eigenvalue weighted by Crippen LogP contribution is 2.36. The van der Waals surface area contributed by atoms with Gasteiger partial charge in [0.1, 0.15) is 5.75 Å². The predicted octanol–water partition coefficient (Wildman–Crippen LogP) is 1.88. The number of ether oxygens (including phenoxy) is 1. The van der Waals surface area contributed by atoms with Gasteiger partial charge in [0.15, 0.2) is 0 Å². The number of anilines is 1. The molecule has 0 aromatic heterocycles. The van der Waals surface area contributed by atoms with Crippen molar-refractivity contribution in [1.29, 1.82) is 0 Å². The Labute approximate surface area is 108 Å². The van der Waals surface area contributed by atoms with Crippen molar-refractivity contribution in [3.8, 4) is 5.75 Å². The maximum absolute atomic E-state index is 11.7. The molecule has 18 heavy (non-hydrogen) atoms. The molecule has 2 N–H and O–H groups in total. The van der Waals surface area contributed by atoms with Gasteiger partial charge in [0, 0.05) is 0 Å². The Morgan fingerprint density at radius 3 is 2.83 bits per heavy atom. The molecular formula is C14H20N2O2. The molecule has 1 aromatic carbocycles. The van der Waals surface area contributed by atoms with E-state index in [2.05, 4.69) is 17.6 Å². The Kier molecular flexibility index (Phi) is 4.20. The van der Waals surface area contributed by atoms with Crippen LogP contribution in [0.25, 0.3) is 0 Å². The summed E-state index contributed by atoms with van der Waals surface area (Å²) in [6, 6.07) is 7.41. The topological polar surface area (TPSA) is 50.4 Å². The summed E-state index contributed by atoms with van der Waals surface area (Å²) in [5, 5.41) is 6.02. The molecule has 0 aliphatic heterocycles. The lowest BCUT2D eigenvalue weighted by Crippen LogP contribution is -2.29. The predicted molar refractivity (Wildman–Crippen MR) is 71.8 cm³/mol. The average molecular weight is 248 g/mol. The van der Waals surface area contributed by atoms with Crippen molar-refractivity contribution >= 4 is 11.6 Å². The number of benzene rings is 1. The minimum Gasteiger partial charge on any atom is -0.495 e. The highest BCUT2D eigenvalue weighted by molar-refractivity contribution is 5.93. The van der Waals surface area contributed by atoms with E-state index < -0.39 is 0 Å². The number of amides is 1. The first-order chi connectivity index (χ1) is 8.70. The van der Waals surface area contributed by atoms with Crippen LogP contribution in [0.1, 0.15) is 13.3 Å². The van der Waals surface area contributed by atoms with Crippen molar-refractivity contribution in [3.05, 3.63) is 24.3 Å². The molecule has 0 heterocycles. The van der Waals surface area contributed by atoms with Gasteiger partial charge in [-0.05, 0) is 36.9 Å². The maximum Gasteiger partial charge on any atom is 0.238 e. The van der Waals surface area contributed by atoms with Crippen LogP contribution in [-0.2, 0) is 4.79 Å². The number of nitrogens with one attached hydrogen (secondary N) is 2. The normalized spacial score (nSPS) is 21.4. The van der Waals surface area contributed by atoms with Gasteiger partial charge in [-0.3, -0.25) is 4.79 Å². The lowest BCUT2D eigenvalue weighted by Gasteiger charge is -2.10. The summed E-state index contributed by atoms with van der Waals surface area (Å²) in [5.74, 6) is 2.22. The van der Waals surface area contributed by atoms with Gasteiger partial charge in [0.05, 0.1) is 19.3 Å². The fourth-order valence-corrected chi connectivity index (χ4v) is 2.00. The molecule has 1 fully saturated rings.